The number of hydrogen-bond acceptors (Lipinski definition) is 5. The van der Waals surface area contributed by atoms with Crippen LogP contribution in [0.2, 0.25) is 0 Å². The second-order valence-electron chi connectivity index (χ2n) is 14.8. The van der Waals surface area contributed by atoms with Gasteiger partial charge in [-0.25, -0.2) is 9.78 Å². The zero-order valence-corrected chi connectivity index (χ0v) is 28.4. The summed E-state index contributed by atoms with van der Waals surface area (Å²) in [6, 6.07) is 22.5. The highest BCUT2D eigenvalue weighted by atomic mass is 16.6. The molecule has 2 saturated heterocycles. The lowest BCUT2D eigenvalue weighted by Crippen LogP contribution is -2.53. The number of nitrogens with one attached hydrogen (secondary N) is 1. The molecule has 0 radical (unpaired) electrons. The maximum atomic E-state index is 14.3. The average molecular weight is 650 g/mol. The fraction of sp³-hybridized carbons (Fsp3) is 0.487. The first-order chi connectivity index (χ1) is 23.1. The van der Waals surface area contributed by atoms with Crippen molar-refractivity contribution in [2.75, 3.05) is 26.2 Å². The Morgan fingerprint density at radius 1 is 0.833 bits per heavy atom. The molecule has 7 rings (SSSR count). The Balaban J connectivity index is 1.05. The number of imidazole rings is 1. The van der Waals surface area contributed by atoms with Crippen molar-refractivity contribution in [2.45, 2.75) is 89.3 Å². The zero-order chi connectivity index (χ0) is 33.4. The van der Waals surface area contributed by atoms with Gasteiger partial charge in [0, 0.05) is 50.5 Å². The van der Waals surface area contributed by atoms with Gasteiger partial charge in [-0.1, -0.05) is 54.6 Å². The predicted molar refractivity (Wildman–Crippen MR) is 187 cm³/mol. The smallest absolute Gasteiger partial charge is 0.410 e. The highest BCUT2D eigenvalue weighted by molar-refractivity contribution is 5.89. The molecule has 2 aliphatic heterocycles. The summed E-state index contributed by atoms with van der Waals surface area (Å²) < 4.78 is 7.99. The summed E-state index contributed by atoms with van der Waals surface area (Å²) in [6.45, 7) is 7.74. The minimum Gasteiger partial charge on any atom is -0.444 e. The Hall–Kier alpha value is -4.40. The first kappa shape index (κ1) is 32.2. The Labute approximate surface area is 282 Å². The van der Waals surface area contributed by atoms with E-state index in [-0.39, 0.29) is 23.8 Å². The van der Waals surface area contributed by atoms with Crippen molar-refractivity contribution in [3.8, 4) is 0 Å². The minimum atomic E-state index is -0.671. The molecule has 1 aromatic heterocycles. The number of hydrogen-bond donors (Lipinski definition) is 1. The van der Waals surface area contributed by atoms with Crippen LogP contribution in [0.1, 0.15) is 82.6 Å². The molecule has 3 aromatic carbocycles. The van der Waals surface area contributed by atoms with E-state index in [4.69, 9.17) is 9.72 Å². The summed E-state index contributed by atoms with van der Waals surface area (Å²) in [4.78, 5) is 49.2. The van der Waals surface area contributed by atoms with Gasteiger partial charge >= 0.3 is 6.09 Å². The van der Waals surface area contributed by atoms with Crippen LogP contribution in [0.5, 0.6) is 0 Å². The van der Waals surface area contributed by atoms with E-state index < -0.39 is 11.6 Å². The molecule has 1 aliphatic carbocycles. The predicted octanol–water partition coefficient (Wildman–Crippen LogP) is 6.61. The summed E-state index contributed by atoms with van der Waals surface area (Å²) >= 11 is 0. The molecular formula is C39H47N5O4. The summed E-state index contributed by atoms with van der Waals surface area (Å²) in [5.41, 5.74) is 2.68. The third-order valence-electron chi connectivity index (χ3n) is 10.1. The van der Waals surface area contributed by atoms with Crippen molar-refractivity contribution in [3.05, 3.63) is 78.1 Å². The molecule has 3 amide bonds. The van der Waals surface area contributed by atoms with Crippen molar-refractivity contribution in [1.29, 1.82) is 0 Å². The van der Waals surface area contributed by atoms with Crippen LogP contribution < -0.4 is 5.32 Å². The molecular weight excluding hydrogens is 602 g/mol. The Morgan fingerprint density at radius 2 is 1.50 bits per heavy atom. The number of benzene rings is 3. The van der Waals surface area contributed by atoms with Gasteiger partial charge in [-0.2, -0.15) is 0 Å². The van der Waals surface area contributed by atoms with E-state index in [1.54, 1.807) is 4.90 Å². The van der Waals surface area contributed by atoms with E-state index in [0.717, 1.165) is 34.7 Å². The lowest BCUT2D eigenvalue weighted by atomic mass is 9.94. The standard InChI is InChI=1S/C39H47N5O4/c1-39(2,3)48-38(47)43-20-16-29(17-21-43)36(45)41-33(25-26-12-13-27-8-4-5-9-30(27)24-26)37(46)42-22-18-31(19-23-42)44-34-11-7-6-10-32(34)40-35(44)28-14-15-28/h4-13,24,28-29,31,33H,14-23,25H2,1-3H3,(H,41,45)/t33-/m1/s1. The van der Waals surface area contributed by atoms with Crippen LogP contribution in [0.15, 0.2) is 66.7 Å². The van der Waals surface area contributed by atoms with Gasteiger partial charge in [-0.3, -0.25) is 9.59 Å². The quantitative estimate of drug-likeness (QED) is 0.243. The highest BCUT2D eigenvalue weighted by Crippen LogP contribution is 2.43. The van der Waals surface area contributed by atoms with Gasteiger partial charge in [0.25, 0.3) is 0 Å². The number of likely N-dealkylation sites (tertiary alicyclic amines) is 2. The highest BCUT2D eigenvalue weighted by Gasteiger charge is 2.36. The second-order valence-corrected chi connectivity index (χ2v) is 14.8. The number of aromatic nitrogens is 2. The van der Waals surface area contributed by atoms with Crippen LogP contribution in [0.4, 0.5) is 4.79 Å². The topological polar surface area (TPSA) is 96.8 Å². The third-order valence-corrected chi connectivity index (χ3v) is 10.1. The van der Waals surface area contributed by atoms with Crippen LogP contribution in [0.25, 0.3) is 21.8 Å². The molecule has 0 spiro atoms. The van der Waals surface area contributed by atoms with E-state index in [9.17, 15) is 14.4 Å². The van der Waals surface area contributed by atoms with E-state index in [0.29, 0.717) is 57.4 Å². The Morgan fingerprint density at radius 3 is 2.21 bits per heavy atom. The fourth-order valence-corrected chi connectivity index (χ4v) is 7.38. The lowest BCUT2D eigenvalue weighted by Gasteiger charge is -2.36. The average Bonchev–Trinajstić information content (AvgIpc) is 3.86. The molecule has 0 bridgehead atoms. The van der Waals surface area contributed by atoms with Gasteiger partial charge in [0.05, 0.1) is 11.0 Å². The molecule has 48 heavy (non-hydrogen) atoms. The first-order valence-corrected chi connectivity index (χ1v) is 17.6. The van der Waals surface area contributed by atoms with Crippen molar-refractivity contribution in [1.82, 2.24) is 24.7 Å². The van der Waals surface area contributed by atoms with Gasteiger partial charge in [0.15, 0.2) is 0 Å². The number of carbonyl (C=O) groups excluding carboxylic acids is 3. The zero-order valence-electron chi connectivity index (χ0n) is 28.4. The number of amides is 3. The molecule has 0 unspecified atom stereocenters. The Bertz CT molecular complexity index is 1810. The summed E-state index contributed by atoms with van der Waals surface area (Å²) in [6.07, 6.45) is 5.24. The number of carbonyl (C=O) groups is 3. The molecule has 1 atom stereocenters. The van der Waals surface area contributed by atoms with Gasteiger partial charge < -0.3 is 24.4 Å². The van der Waals surface area contributed by atoms with Crippen LogP contribution in [-0.4, -0.2) is 75.1 Å². The van der Waals surface area contributed by atoms with Crippen LogP contribution in [0, 0.1) is 5.92 Å². The van der Waals surface area contributed by atoms with E-state index >= 15 is 0 Å². The van der Waals surface area contributed by atoms with Crippen molar-refractivity contribution >= 4 is 39.7 Å². The van der Waals surface area contributed by atoms with E-state index in [2.05, 4.69) is 58.4 Å². The maximum absolute atomic E-state index is 14.3. The van der Waals surface area contributed by atoms with Crippen LogP contribution in [-0.2, 0) is 20.7 Å². The molecule has 3 heterocycles. The molecule has 9 heteroatoms. The number of piperidine rings is 2. The molecule has 1 saturated carbocycles. The first-order valence-electron chi connectivity index (χ1n) is 17.6. The summed E-state index contributed by atoms with van der Waals surface area (Å²) in [5, 5.41) is 5.43. The van der Waals surface area contributed by atoms with Crippen molar-refractivity contribution in [3.63, 3.8) is 0 Å². The number of ether oxygens (including phenoxy) is 1. The normalized spacial score (nSPS) is 18.6. The van der Waals surface area contributed by atoms with Crippen molar-refractivity contribution < 1.29 is 19.1 Å². The number of para-hydroxylation sites is 2. The molecule has 1 N–H and O–H groups in total. The number of fused-ring (bicyclic) bond motifs is 2. The number of nitrogens with zero attached hydrogens (tertiary/aromatic N) is 4. The van der Waals surface area contributed by atoms with E-state index in [1.165, 1.54) is 24.2 Å². The monoisotopic (exact) mass is 649 g/mol. The van der Waals surface area contributed by atoms with Gasteiger partial charge in [0.1, 0.15) is 17.5 Å². The van der Waals surface area contributed by atoms with Crippen LogP contribution >= 0.6 is 0 Å². The summed E-state index contributed by atoms with van der Waals surface area (Å²) in [7, 11) is 0. The molecule has 252 valence electrons. The second kappa shape index (κ2) is 13.2. The third kappa shape index (κ3) is 7.05. The van der Waals surface area contributed by atoms with Crippen molar-refractivity contribution in [2.24, 2.45) is 5.92 Å². The molecule has 3 aliphatic rings. The SMILES string of the molecule is CC(C)(C)OC(=O)N1CCC(C(=O)N[C@H](Cc2ccc3ccccc3c2)C(=O)N2CCC(n3c(C4CC4)nc4ccccc43)CC2)CC1. The summed E-state index contributed by atoms with van der Waals surface area (Å²) in [5.74, 6) is 1.32. The van der Waals surface area contributed by atoms with Gasteiger partial charge in [-0.15, -0.1) is 0 Å². The minimum absolute atomic E-state index is 0.0287. The van der Waals surface area contributed by atoms with Crippen LogP contribution in [0.3, 0.4) is 0 Å². The maximum Gasteiger partial charge on any atom is 0.410 e. The Kier molecular flexibility index (Phi) is 8.88. The molecule has 3 fully saturated rings. The lowest BCUT2D eigenvalue weighted by molar-refractivity contribution is -0.138. The molecule has 9 nitrogen and oxygen atoms in total. The largest absolute Gasteiger partial charge is 0.444 e. The van der Waals surface area contributed by atoms with Gasteiger partial charge in [-0.05, 0) is 87.8 Å². The number of rotatable bonds is 7. The molecule has 4 aromatic rings. The fourth-order valence-electron chi connectivity index (χ4n) is 7.38. The van der Waals surface area contributed by atoms with E-state index in [1.807, 2.05) is 43.9 Å². The van der Waals surface area contributed by atoms with Gasteiger partial charge in [0.2, 0.25) is 11.8 Å².